The monoisotopic (exact) mass is 474 g/mol. The molecule has 0 saturated heterocycles. The van der Waals surface area contributed by atoms with Gasteiger partial charge in [-0.1, -0.05) is 31.0 Å². The van der Waals surface area contributed by atoms with Gasteiger partial charge in [-0.25, -0.2) is 9.79 Å². The van der Waals surface area contributed by atoms with Gasteiger partial charge in [0.1, 0.15) is 5.00 Å². The highest BCUT2D eigenvalue weighted by Gasteiger charge is 2.24. The average molecular weight is 475 g/mol. The van der Waals surface area contributed by atoms with Gasteiger partial charge in [0.25, 0.3) is 5.91 Å². The lowest BCUT2D eigenvalue weighted by Gasteiger charge is -2.12. The summed E-state index contributed by atoms with van der Waals surface area (Å²) in [6, 6.07) is 13.2. The number of aryl methyl sites for hydroxylation is 3. The topological polar surface area (TPSA) is 67.8 Å². The van der Waals surface area contributed by atoms with Crippen molar-refractivity contribution in [3.8, 4) is 0 Å². The molecular formula is C28H30N2O3S. The normalized spacial score (nSPS) is 13.7. The third kappa shape index (κ3) is 5.62. The van der Waals surface area contributed by atoms with E-state index >= 15 is 0 Å². The lowest BCUT2D eigenvalue weighted by atomic mass is 9.96. The zero-order chi connectivity index (χ0) is 24.1. The Morgan fingerprint density at radius 2 is 1.65 bits per heavy atom. The minimum absolute atomic E-state index is 0.101. The molecule has 1 aromatic heterocycles. The molecule has 0 fully saturated rings. The van der Waals surface area contributed by atoms with Crippen molar-refractivity contribution in [2.75, 3.05) is 12.4 Å². The second-order valence-corrected chi connectivity index (χ2v) is 9.88. The SMILES string of the molecule is COC(=O)c1ccc(C=Nc2sc3c(c2C(=O)Nc2cc(C)cc(C)c2)CCCCCC3)cc1. The van der Waals surface area contributed by atoms with E-state index in [1.54, 1.807) is 29.7 Å². The first-order valence-electron chi connectivity index (χ1n) is 11.7. The van der Waals surface area contributed by atoms with E-state index in [9.17, 15) is 9.59 Å². The molecule has 0 spiro atoms. The molecule has 0 aliphatic heterocycles. The highest BCUT2D eigenvalue weighted by Crippen LogP contribution is 2.39. The largest absolute Gasteiger partial charge is 0.465 e. The van der Waals surface area contributed by atoms with Crippen LogP contribution in [0.2, 0.25) is 0 Å². The first-order chi connectivity index (χ1) is 16.4. The molecule has 1 amide bonds. The van der Waals surface area contributed by atoms with Gasteiger partial charge in [0, 0.05) is 16.8 Å². The molecule has 0 radical (unpaired) electrons. The van der Waals surface area contributed by atoms with Crippen molar-refractivity contribution in [1.82, 2.24) is 0 Å². The molecule has 0 bridgehead atoms. The van der Waals surface area contributed by atoms with Gasteiger partial charge in [-0.2, -0.15) is 0 Å². The summed E-state index contributed by atoms with van der Waals surface area (Å²) < 4.78 is 4.76. The highest BCUT2D eigenvalue weighted by atomic mass is 32.1. The molecule has 6 heteroatoms. The van der Waals surface area contributed by atoms with E-state index in [1.165, 1.54) is 24.8 Å². The number of carbonyl (C=O) groups is 2. The van der Waals surface area contributed by atoms with Crippen LogP contribution in [0.5, 0.6) is 0 Å². The Kier molecular flexibility index (Phi) is 7.58. The number of rotatable bonds is 5. The van der Waals surface area contributed by atoms with Gasteiger partial charge >= 0.3 is 5.97 Å². The van der Waals surface area contributed by atoms with Crippen LogP contribution in [-0.4, -0.2) is 25.2 Å². The summed E-state index contributed by atoms with van der Waals surface area (Å²) in [5.74, 6) is -0.469. The van der Waals surface area contributed by atoms with E-state index in [-0.39, 0.29) is 11.9 Å². The predicted molar refractivity (Wildman–Crippen MR) is 139 cm³/mol. The molecule has 4 rings (SSSR count). The van der Waals surface area contributed by atoms with Gasteiger partial charge in [-0.3, -0.25) is 4.79 Å². The van der Waals surface area contributed by atoms with Crippen molar-refractivity contribution in [3.63, 3.8) is 0 Å². The minimum atomic E-state index is -0.369. The molecule has 34 heavy (non-hydrogen) atoms. The Morgan fingerprint density at radius 3 is 2.32 bits per heavy atom. The first-order valence-corrected chi connectivity index (χ1v) is 12.5. The third-order valence-electron chi connectivity index (χ3n) is 6.02. The van der Waals surface area contributed by atoms with E-state index < -0.39 is 0 Å². The highest BCUT2D eigenvalue weighted by molar-refractivity contribution is 7.16. The lowest BCUT2D eigenvalue weighted by molar-refractivity contribution is 0.0600. The molecule has 3 aromatic rings. The maximum absolute atomic E-state index is 13.5. The third-order valence-corrected chi connectivity index (χ3v) is 7.22. The Hall–Kier alpha value is -3.25. The minimum Gasteiger partial charge on any atom is -0.465 e. The van der Waals surface area contributed by atoms with Gasteiger partial charge in [0.15, 0.2) is 0 Å². The Balaban J connectivity index is 1.67. The molecular weight excluding hydrogens is 444 g/mol. The summed E-state index contributed by atoms with van der Waals surface area (Å²) in [5, 5.41) is 3.86. The molecule has 1 heterocycles. The number of aliphatic imine (C=N–C) groups is 1. The summed E-state index contributed by atoms with van der Waals surface area (Å²) in [4.78, 5) is 31.2. The van der Waals surface area contributed by atoms with E-state index in [0.29, 0.717) is 11.1 Å². The van der Waals surface area contributed by atoms with Gasteiger partial charge in [0.2, 0.25) is 0 Å². The number of hydrogen-bond acceptors (Lipinski definition) is 5. The maximum Gasteiger partial charge on any atom is 0.337 e. The smallest absolute Gasteiger partial charge is 0.337 e. The number of ether oxygens (including phenoxy) is 1. The van der Waals surface area contributed by atoms with Gasteiger partial charge in [-0.05, 0) is 86.1 Å². The molecule has 0 atom stereocenters. The molecule has 1 aliphatic carbocycles. The molecule has 1 N–H and O–H groups in total. The van der Waals surface area contributed by atoms with Crippen LogP contribution in [0.25, 0.3) is 0 Å². The van der Waals surface area contributed by atoms with E-state index in [0.717, 1.165) is 58.6 Å². The summed E-state index contributed by atoms with van der Waals surface area (Å²) in [6.45, 7) is 4.06. The summed E-state index contributed by atoms with van der Waals surface area (Å²) in [7, 11) is 1.37. The van der Waals surface area contributed by atoms with Crippen molar-refractivity contribution in [3.05, 3.63) is 80.7 Å². The number of amides is 1. The molecule has 0 unspecified atom stereocenters. The number of esters is 1. The van der Waals surface area contributed by atoms with Crippen LogP contribution in [0.3, 0.4) is 0 Å². The number of nitrogens with zero attached hydrogens (tertiary/aromatic N) is 1. The zero-order valence-electron chi connectivity index (χ0n) is 19.9. The fourth-order valence-electron chi connectivity index (χ4n) is 4.43. The molecule has 176 valence electrons. The van der Waals surface area contributed by atoms with Crippen molar-refractivity contribution in [2.24, 2.45) is 4.99 Å². The van der Waals surface area contributed by atoms with Crippen LogP contribution in [0, 0.1) is 13.8 Å². The Labute approximate surface area is 204 Å². The van der Waals surface area contributed by atoms with Gasteiger partial charge in [0.05, 0.1) is 18.2 Å². The lowest BCUT2D eigenvalue weighted by Crippen LogP contribution is -2.14. The number of benzene rings is 2. The second kappa shape index (κ2) is 10.8. The van der Waals surface area contributed by atoms with E-state index in [4.69, 9.17) is 9.73 Å². The summed E-state index contributed by atoms with van der Waals surface area (Å²) >= 11 is 1.63. The predicted octanol–water partition coefficient (Wildman–Crippen LogP) is 6.81. The second-order valence-electron chi connectivity index (χ2n) is 8.80. The Bertz CT molecular complexity index is 1200. The number of fused-ring (bicyclic) bond motifs is 1. The van der Waals surface area contributed by atoms with Crippen LogP contribution in [0.15, 0.2) is 47.5 Å². The van der Waals surface area contributed by atoms with Crippen LogP contribution in [0.1, 0.15) is 73.5 Å². The van der Waals surface area contributed by atoms with Crippen LogP contribution in [-0.2, 0) is 17.6 Å². The van der Waals surface area contributed by atoms with Gasteiger partial charge < -0.3 is 10.1 Å². The number of anilines is 1. The molecule has 0 saturated carbocycles. The zero-order valence-corrected chi connectivity index (χ0v) is 20.8. The van der Waals surface area contributed by atoms with Crippen molar-refractivity contribution >= 4 is 40.1 Å². The number of methoxy groups -OCH3 is 1. The van der Waals surface area contributed by atoms with E-state index in [2.05, 4.69) is 11.4 Å². The van der Waals surface area contributed by atoms with Crippen molar-refractivity contribution < 1.29 is 14.3 Å². The van der Waals surface area contributed by atoms with Crippen LogP contribution >= 0.6 is 11.3 Å². The van der Waals surface area contributed by atoms with Crippen molar-refractivity contribution in [2.45, 2.75) is 52.4 Å². The quantitative estimate of drug-likeness (QED) is 0.326. The standard InChI is InChI=1S/C28H30N2O3S/c1-18-14-19(2)16-22(15-18)30-26(31)25-23-8-6-4-5-7-9-24(23)34-27(25)29-17-20-10-12-21(13-11-20)28(32)33-3/h10-17H,4-9H2,1-3H3,(H,30,31). The first kappa shape index (κ1) is 23.9. The number of hydrogen-bond donors (Lipinski definition) is 1. The molecule has 5 nitrogen and oxygen atoms in total. The summed E-state index contributed by atoms with van der Waals surface area (Å²) in [6.07, 6.45) is 8.31. The van der Waals surface area contributed by atoms with Crippen LogP contribution < -0.4 is 5.32 Å². The number of thiophene rings is 1. The van der Waals surface area contributed by atoms with Crippen molar-refractivity contribution in [1.29, 1.82) is 0 Å². The summed E-state index contributed by atoms with van der Waals surface area (Å²) in [5.41, 5.74) is 6.24. The molecule has 2 aromatic carbocycles. The Morgan fingerprint density at radius 1 is 0.971 bits per heavy atom. The maximum atomic E-state index is 13.5. The number of carbonyl (C=O) groups excluding carboxylic acids is 2. The fraction of sp³-hybridized carbons (Fsp3) is 0.321. The van der Waals surface area contributed by atoms with E-state index in [1.807, 2.05) is 38.1 Å². The number of nitrogens with one attached hydrogen (secondary N) is 1. The molecule has 1 aliphatic rings. The van der Waals surface area contributed by atoms with Crippen LogP contribution in [0.4, 0.5) is 10.7 Å². The van der Waals surface area contributed by atoms with Gasteiger partial charge in [-0.15, -0.1) is 11.3 Å². The fourth-order valence-corrected chi connectivity index (χ4v) is 5.66. The average Bonchev–Trinajstić information content (AvgIpc) is 3.13.